The van der Waals surface area contributed by atoms with Crippen molar-refractivity contribution in [1.29, 1.82) is 0 Å². The van der Waals surface area contributed by atoms with Crippen LogP contribution < -0.4 is 0 Å². The average molecular weight is 619 g/mol. The molecule has 0 aromatic heterocycles. The molecule has 2 aliphatic rings. The molecule has 0 amide bonds. The predicted octanol–water partition coefficient (Wildman–Crippen LogP) is 2.23. The van der Waals surface area contributed by atoms with Crippen LogP contribution in [0.1, 0.15) is 68.7 Å². The second-order valence-electron chi connectivity index (χ2n) is 10.4. The van der Waals surface area contributed by atoms with Crippen molar-refractivity contribution in [1.82, 2.24) is 0 Å². The van der Waals surface area contributed by atoms with E-state index in [1.165, 1.54) is 0 Å². The number of benzene rings is 1. The number of carbonyl (C=O) groups is 6. The van der Waals surface area contributed by atoms with Crippen molar-refractivity contribution in [2.75, 3.05) is 6.61 Å². The van der Waals surface area contributed by atoms with Crippen LogP contribution in [0.5, 0.6) is 11.5 Å². The van der Waals surface area contributed by atoms with Crippen molar-refractivity contribution in [2.45, 2.75) is 84.8 Å². The minimum absolute atomic E-state index is 0.0328. The lowest BCUT2D eigenvalue weighted by molar-refractivity contribution is -0.314. The van der Waals surface area contributed by atoms with Gasteiger partial charge < -0.3 is 38.6 Å². The molecular formula is C30H34O14. The molecule has 1 fully saturated rings. The van der Waals surface area contributed by atoms with Gasteiger partial charge in [0.25, 0.3) is 0 Å². The van der Waals surface area contributed by atoms with Gasteiger partial charge in [0.1, 0.15) is 24.2 Å². The predicted molar refractivity (Wildman–Crippen MR) is 147 cm³/mol. The first-order valence-corrected chi connectivity index (χ1v) is 13.6. The van der Waals surface area contributed by atoms with E-state index < -0.39 is 95.9 Å². The zero-order valence-electron chi connectivity index (χ0n) is 25.0. The van der Waals surface area contributed by atoms with E-state index in [1.54, 1.807) is 19.9 Å². The molecule has 1 heterocycles. The Morgan fingerprint density at radius 1 is 0.818 bits per heavy atom. The molecular weight excluding hydrogens is 584 g/mol. The molecule has 1 saturated heterocycles. The van der Waals surface area contributed by atoms with Gasteiger partial charge in [-0.3, -0.25) is 28.8 Å². The molecule has 0 unspecified atom stereocenters. The Labute approximate surface area is 252 Å². The third-order valence-electron chi connectivity index (χ3n) is 6.52. The highest BCUT2D eigenvalue weighted by molar-refractivity contribution is 6.27. The number of allylic oxidation sites excluding steroid dienone is 2. The van der Waals surface area contributed by atoms with Gasteiger partial charge in [-0.15, -0.1) is 0 Å². The van der Waals surface area contributed by atoms with Gasteiger partial charge in [-0.05, 0) is 38.5 Å². The zero-order chi connectivity index (χ0) is 32.9. The molecule has 0 spiro atoms. The summed E-state index contributed by atoms with van der Waals surface area (Å²) in [6.07, 6.45) is -6.18. The number of esters is 4. The molecule has 0 bridgehead atoms. The summed E-state index contributed by atoms with van der Waals surface area (Å²) in [5.41, 5.74) is -0.239. The lowest BCUT2D eigenvalue weighted by atomic mass is 9.85. The third kappa shape index (κ3) is 8.08. The van der Waals surface area contributed by atoms with Crippen LogP contribution in [0.4, 0.5) is 0 Å². The Bertz CT molecular complexity index is 1400. The number of hydrogen-bond donors (Lipinski definition) is 2. The smallest absolute Gasteiger partial charge is 0.303 e. The molecule has 2 N–H and O–H groups in total. The van der Waals surface area contributed by atoms with Crippen molar-refractivity contribution in [3.8, 4) is 11.5 Å². The highest BCUT2D eigenvalue weighted by Crippen LogP contribution is 2.38. The van der Waals surface area contributed by atoms with Crippen molar-refractivity contribution in [3.63, 3.8) is 0 Å². The molecule has 6 atom stereocenters. The number of aromatic hydroxyl groups is 2. The van der Waals surface area contributed by atoms with E-state index in [4.69, 9.17) is 28.4 Å². The summed E-state index contributed by atoms with van der Waals surface area (Å²) in [6.45, 7) is 7.37. The van der Waals surface area contributed by atoms with E-state index >= 15 is 0 Å². The molecule has 3 rings (SSSR count). The van der Waals surface area contributed by atoms with Crippen LogP contribution in [0.25, 0.3) is 0 Å². The lowest BCUT2D eigenvalue weighted by Gasteiger charge is -2.45. The van der Waals surface area contributed by atoms with E-state index in [0.717, 1.165) is 51.5 Å². The molecule has 14 heteroatoms. The first kappa shape index (κ1) is 33.9. The average Bonchev–Trinajstić information content (AvgIpc) is 2.91. The maximum Gasteiger partial charge on any atom is 0.303 e. The maximum absolute atomic E-state index is 13.6. The number of ether oxygens (including phenoxy) is 6. The van der Waals surface area contributed by atoms with Gasteiger partial charge in [-0.1, -0.05) is 11.6 Å². The van der Waals surface area contributed by atoms with Gasteiger partial charge in [0.15, 0.2) is 36.2 Å². The summed E-state index contributed by atoms with van der Waals surface area (Å²) in [7, 11) is 0. The fourth-order valence-corrected chi connectivity index (χ4v) is 4.78. The van der Waals surface area contributed by atoms with Crippen molar-refractivity contribution >= 4 is 35.4 Å². The first-order chi connectivity index (χ1) is 20.6. The number of Topliss-reactive ketones (excluding diaryl/α,β-unsaturated/α-hetero) is 1. The van der Waals surface area contributed by atoms with Crippen LogP contribution in [0.15, 0.2) is 35.4 Å². The second-order valence-corrected chi connectivity index (χ2v) is 10.4. The summed E-state index contributed by atoms with van der Waals surface area (Å²) >= 11 is 0. The molecule has 14 nitrogen and oxygen atoms in total. The quantitative estimate of drug-likeness (QED) is 0.167. The fraction of sp³-hybridized carbons (Fsp3) is 0.467. The van der Waals surface area contributed by atoms with Gasteiger partial charge in [-0.25, -0.2) is 0 Å². The summed E-state index contributed by atoms with van der Waals surface area (Å²) < 4.78 is 33.5. The summed E-state index contributed by atoms with van der Waals surface area (Å²) in [6, 6.07) is 2.14. The summed E-state index contributed by atoms with van der Waals surface area (Å²) in [5.74, 6) is -5.89. The highest BCUT2D eigenvalue weighted by Gasteiger charge is 2.53. The lowest BCUT2D eigenvalue weighted by Crippen LogP contribution is -2.63. The molecule has 1 aliphatic carbocycles. The normalized spacial score (nSPS) is 23.4. The molecule has 238 valence electrons. The number of phenols is 2. The monoisotopic (exact) mass is 618 g/mol. The van der Waals surface area contributed by atoms with Gasteiger partial charge in [-0.2, -0.15) is 0 Å². The standard InChI is InChI=1S/C30H34O14/c1-13(2)7-10-22(18-11-21(37)24-19(35)8-9-20(36)25(24)26(18)38)43-30-29(42-17(6)34)28(41-16(5)33)27(40-15(4)32)23(44-30)12-39-14(3)31/h7-9,11,22-23,27-30,35-36H,10,12H2,1-6H3/t22-,23-,27+,28+,29-,30-/m1/s1. The SMILES string of the molecule is CC(=O)OC[C@H]1O[C@@H](O[C@H](CC=C(C)C)C2=CC(=O)c3c(O)ccc(O)c3C2=O)[C@H](OC(C)=O)[C@@H](OC(C)=O)[C@H]1OC(C)=O. The Morgan fingerprint density at radius 2 is 1.36 bits per heavy atom. The number of carbonyl (C=O) groups excluding carboxylic acids is 6. The molecule has 1 aromatic rings. The van der Waals surface area contributed by atoms with E-state index in [-0.39, 0.29) is 17.6 Å². The van der Waals surface area contributed by atoms with Crippen LogP contribution >= 0.6 is 0 Å². The Morgan fingerprint density at radius 3 is 1.91 bits per heavy atom. The van der Waals surface area contributed by atoms with Gasteiger partial charge in [0.05, 0.1) is 17.2 Å². The van der Waals surface area contributed by atoms with Crippen LogP contribution in [-0.4, -0.2) is 89.1 Å². The molecule has 1 aliphatic heterocycles. The molecule has 44 heavy (non-hydrogen) atoms. The van der Waals surface area contributed by atoms with Crippen molar-refractivity contribution in [3.05, 3.63) is 46.6 Å². The number of rotatable bonds is 10. The van der Waals surface area contributed by atoms with Gasteiger partial charge in [0, 0.05) is 33.3 Å². The number of hydrogen-bond acceptors (Lipinski definition) is 14. The first-order valence-electron chi connectivity index (χ1n) is 13.6. The maximum atomic E-state index is 13.6. The molecule has 0 saturated carbocycles. The minimum Gasteiger partial charge on any atom is -0.507 e. The van der Waals surface area contributed by atoms with Gasteiger partial charge >= 0.3 is 23.9 Å². The van der Waals surface area contributed by atoms with Crippen LogP contribution in [-0.2, 0) is 47.6 Å². The fourth-order valence-electron chi connectivity index (χ4n) is 4.78. The zero-order valence-corrected chi connectivity index (χ0v) is 25.0. The van der Waals surface area contributed by atoms with E-state index in [9.17, 15) is 39.0 Å². The van der Waals surface area contributed by atoms with Crippen molar-refractivity contribution < 1.29 is 67.4 Å². The van der Waals surface area contributed by atoms with Crippen LogP contribution in [0.3, 0.4) is 0 Å². The second kappa shape index (κ2) is 14.3. The number of fused-ring (bicyclic) bond motifs is 1. The molecule has 1 aromatic carbocycles. The Kier molecular flexibility index (Phi) is 11.0. The summed E-state index contributed by atoms with van der Waals surface area (Å²) in [5, 5.41) is 20.7. The highest BCUT2D eigenvalue weighted by atomic mass is 16.7. The number of phenolic OH excluding ortho intramolecular Hbond substituents is 2. The largest absolute Gasteiger partial charge is 0.507 e. The molecule has 0 radical (unpaired) electrons. The Hall–Kier alpha value is -4.56. The van der Waals surface area contributed by atoms with Gasteiger partial charge in [0.2, 0.25) is 0 Å². The number of ketones is 2. The van der Waals surface area contributed by atoms with Crippen molar-refractivity contribution in [2.24, 2.45) is 0 Å². The van der Waals surface area contributed by atoms with E-state index in [0.29, 0.717) is 0 Å². The topological polar surface area (TPSA) is 198 Å². The third-order valence-corrected chi connectivity index (χ3v) is 6.52. The van der Waals surface area contributed by atoms with E-state index in [2.05, 4.69) is 0 Å². The Balaban J connectivity index is 2.13. The van der Waals surface area contributed by atoms with Crippen LogP contribution in [0, 0.1) is 0 Å². The summed E-state index contributed by atoms with van der Waals surface area (Å²) in [4.78, 5) is 74.7. The van der Waals surface area contributed by atoms with Crippen LogP contribution in [0.2, 0.25) is 0 Å². The minimum atomic E-state index is -1.64. The van der Waals surface area contributed by atoms with E-state index in [1.807, 2.05) is 0 Å².